The Morgan fingerprint density at radius 1 is 0.851 bits per heavy atom. The van der Waals surface area contributed by atoms with Crippen LogP contribution in [0.3, 0.4) is 0 Å². The van der Waals surface area contributed by atoms with Gasteiger partial charge >= 0.3 is 0 Å². The van der Waals surface area contributed by atoms with Crippen molar-refractivity contribution in [1.82, 2.24) is 10.6 Å². The molecule has 0 spiro atoms. The molecular weight excluding hydrogens is 594 g/mol. The van der Waals surface area contributed by atoms with Gasteiger partial charge in [0.15, 0.2) is 11.5 Å². The quantitative estimate of drug-likeness (QED) is 0.185. The summed E-state index contributed by atoms with van der Waals surface area (Å²) >= 11 is 0. The average Bonchev–Trinajstić information content (AvgIpc) is 3.33. The van der Waals surface area contributed by atoms with Crippen molar-refractivity contribution < 1.29 is 23.8 Å². The summed E-state index contributed by atoms with van der Waals surface area (Å²) in [6.07, 6.45) is 1.88. The third kappa shape index (κ3) is 7.57. The van der Waals surface area contributed by atoms with Gasteiger partial charge in [0.2, 0.25) is 23.0 Å². The van der Waals surface area contributed by atoms with Crippen molar-refractivity contribution in [3.8, 4) is 28.4 Å². The lowest BCUT2D eigenvalue weighted by Gasteiger charge is -2.19. The number of methoxy groups -OCH3 is 3. The van der Waals surface area contributed by atoms with Crippen LogP contribution in [-0.2, 0) is 16.0 Å². The van der Waals surface area contributed by atoms with Gasteiger partial charge in [-0.1, -0.05) is 66.7 Å². The predicted octanol–water partition coefficient (Wildman–Crippen LogP) is 5.61. The van der Waals surface area contributed by atoms with E-state index in [1.165, 1.54) is 24.1 Å². The van der Waals surface area contributed by atoms with Crippen molar-refractivity contribution in [2.75, 3.05) is 39.7 Å². The van der Waals surface area contributed by atoms with E-state index in [-0.39, 0.29) is 35.4 Å². The van der Waals surface area contributed by atoms with Crippen molar-refractivity contribution in [3.05, 3.63) is 117 Å². The number of ether oxygens (including phenoxy) is 3. The molecule has 9 heteroatoms. The van der Waals surface area contributed by atoms with Crippen LogP contribution in [-0.4, -0.2) is 46.2 Å². The molecule has 1 atom stereocenters. The summed E-state index contributed by atoms with van der Waals surface area (Å²) in [5.74, 6) is 1.14. The van der Waals surface area contributed by atoms with E-state index in [0.717, 1.165) is 23.1 Å². The minimum atomic E-state index is -0.421. The van der Waals surface area contributed by atoms with Crippen molar-refractivity contribution in [3.63, 3.8) is 0 Å². The van der Waals surface area contributed by atoms with Gasteiger partial charge in [-0.15, -0.1) is 0 Å². The van der Waals surface area contributed by atoms with Crippen LogP contribution >= 0.6 is 0 Å². The number of hydrogen-bond donors (Lipinski definition) is 3. The minimum absolute atomic E-state index is 0.0781. The molecule has 4 aromatic rings. The van der Waals surface area contributed by atoms with Crippen LogP contribution in [0.1, 0.15) is 54.0 Å². The van der Waals surface area contributed by atoms with Gasteiger partial charge in [0.05, 0.1) is 39.6 Å². The number of carbonyl (C=O) groups is 2. The molecule has 1 aliphatic carbocycles. The zero-order valence-electron chi connectivity index (χ0n) is 27.2. The first-order valence-electron chi connectivity index (χ1n) is 15.7. The molecule has 4 aromatic carbocycles. The molecule has 0 saturated heterocycles. The van der Waals surface area contributed by atoms with Crippen molar-refractivity contribution in [2.24, 2.45) is 0 Å². The molecular formula is C38H41N3O6. The number of amides is 2. The summed E-state index contributed by atoms with van der Waals surface area (Å²) in [6, 6.07) is 27.0. The lowest BCUT2D eigenvalue weighted by molar-refractivity contribution is -0.120. The Hall–Kier alpha value is -5.31. The van der Waals surface area contributed by atoms with Crippen LogP contribution in [0.2, 0.25) is 0 Å². The lowest BCUT2D eigenvalue weighted by Crippen LogP contribution is -2.32. The number of hydrogen-bond acceptors (Lipinski definition) is 7. The maximum absolute atomic E-state index is 13.6. The second-order valence-electron chi connectivity index (χ2n) is 11.5. The molecule has 0 radical (unpaired) electrons. The molecule has 0 bridgehead atoms. The van der Waals surface area contributed by atoms with E-state index >= 15 is 0 Å². The normalized spacial score (nSPS) is 13.4. The van der Waals surface area contributed by atoms with Gasteiger partial charge in [-0.05, 0) is 65.3 Å². The Morgan fingerprint density at radius 2 is 1.51 bits per heavy atom. The van der Waals surface area contributed by atoms with Gasteiger partial charge in [0.25, 0.3) is 0 Å². The summed E-state index contributed by atoms with van der Waals surface area (Å²) < 4.78 is 17.1. The number of benzene rings is 3. The highest BCUT2D eigenvalue weighted by molar-refractivity contribution is 5.84. The molecule has 47 heavy (non-hydrogen) atoms. The Morgan fingerprint density at radius 3 is 2.11 bits per heavy atom. The fourth-order valence-electron chi connectivity index (χ4n) is 6.34. The molecule has 0 fully saturated rings. The maximum Gasteiger partial charge on any atom is 0.239 e. The molecule has 9 nitrogen and oxygen atoms in total. The first-order chi connectivity index (χ1) is 22.8. The molecule has 5 rings (SSSR count). The first-order valence-corrected chi connectivity index (χ1v) is 15.7. The first kappa shape index (κ1) is 33.1. The molecule has 1 aliphatic rings. The van der Waals surface area contributed by atoms with Gasteiger partial charge in [-0.2, -0.15) is 0 Å². The van der Waals surface area contributed by atoms with Crippen LogP contribution < -0.4 is 35.6 Å². The van der Waals surface area contributed by atoms with Gasteiger partial charge in [0, 0.05) is 24.9 Å². The molecule has 3 N–H and O–H groups in total. The summed E-state index contributed by atoms with van der Waals surface area (Å²) in [5, 5.41) is 9.04. The molecule has 0 aromatic heterocycles. The molecule has 244 valence electrons. The zero-order valence-corrected chi connectivity index (χ0v) is 27.2. The average molecular weight is 636 g/mol. The van der Waals surface area contributed by atoms with Crippen LogP contribution in [0, 0.1) is 0 Å². The van der Waals surface area contributed by atoms with Crippen molar-refractivity contribution in [1.29, 1.82) is 0 Å². The second kappa shape index (κ2) is 15.3. The number of carbonyl (C=O) groups excluding carboxylic acids is 2. The third-order valence-corrected chi connectivity index (χ3v) is 8.51. The summed E-state index contributed by atoms with van der Waals surface area (Å²) in [5.41, 5.74) is 5.41. The Bertz CT molecular complexity index is 1740. The largest absolute Gasteiger partial charge is 0.493 e. The minimum Gasteiger partial charge on any atom is -0.493 e. The maximum atomic E-state index is 13.6. The van der Waals surface area contributed by atoms with Gasteiger partial charge in [-0.3, -0.25) is 14.4 Å². The second-order valence-corrected chi connectivity index (χ2v) is 11.5. The van der Waals surface area contributed by atoms with Gasteiger partial charge in [0.1, 0.15) is 0 Å². The van der Waals surface area contributed by atoms with Crippen LogP contribution in [0.5, 0.6) is 17.2 Å². The number of nitrogens with one attached hydrogen (secondary N) is 3. The monoisotopic (exact) mass is 635 g/mol. The standard InChI is InChI=1S/C38H41N3O6/c1-24(42)41-31-17-15-27-21-34(45-2)37(46-3)38(47-4)36(27)29-16-18-32(33(43)22-30(29)31)40-23-35(44)39-20-19-28(25-11-7-5-8-12-25)26-13-9-6-10-14-26/h5-14,16,18,21-22,28,31H,15,17,19-20,23H2,1-4H3,(H,39,44)(H,40,43)(H,41,42)/t31-/m1/s1. The Balaban J connectivity index is 1.38. The molecule has 0 saturated carbocycles. The predicted molar refractivity (Wildman–Crippen MR) is 184 cm³/mol. The summed E-state index contributed by atoms with van der Waals surface area (Å²) in [6.45, 7) is 1.85. The Kier molecular flexibility index (Phi) is 10.8. The number of rotatable bonds is 12. The van der Waals surface area contributed by atoms with E-state index in [0.29, 0.717) is 42.2 Å². The van der Waals surface area contributed by atoms with Crippen LogP contribution in [0.25, 0.3) is 11.1 Å². The smallest absolute Gasteiger partial charge is 0.239 e. The van der Waals surface area contributed by atoms with Gasteiger partial charge < -0.3 is 30.2 Å². The highest BCUT2D eigenvalue weighted by atomic mass is 16.5. The fourth-order valence-corrected chi connectivity index (χ4v) is 6.34. The number of fused-ring (bicyclic) bond motifs is 3. The highest BCUT2D eigenvalue weighted by Gasteiger charge is 2.29. The van der Waals surface area contributed by atoms with E-state index in [1.54, 1.807) is 27.4 Å². The molecule has 2 amide bonds. The van der Waals surface area contributed by atoms with E-state index in [2.05, 4.69) is 40.2 Å². The van der Waals surface area contributed by atoms with E-state index < -0.39 is 6.04 Å². The molecule has 0 aliphatic heterocycles. The Labute approximate surface area is 275 Å². The van der Waals surface area contributed by atoms with E-state index in [1.807, 2.05) is 48.5 Å². The topological polar surface area (TPSA) is 115 Å². The molecule has 0 unspecified atom stereocenters. The van der Waals surface area contributed by atoms with Crippen molar-refractivity contribution >= 4 is 17.5 Å². The highest BCUT2D eigenvalue weighted by Crippen LogP contribution is 2.50. The van der Waals surface area contributed by atoms with Crippen LogP contribution in [0.15, 0.2) is 89.7 Å². The SMILES string of the molecule is COc1cc2c(c(OC)c1OC)-c1ccc(NCC(=O)NCCC(c3ccccc3)c3ccccc3)c(=O)cc1[C@H](NC(C)=O)CC2. The fraction of sp³-hybridized carbons (Fsp3) is 0.289. The van der Waals surface area contributed by atoms with Crippen molar-refractivity contribution in [2.45, 2.75) is 38.1 Å². The summed E-state index contributed by atoms with van der Waals surface area (Å²) in [4.78, 5) is 38.7. The van der Waals surface area contributed by atoms with E-state index in [9.17, 15) is 14.4 Å². The van der Waals surface area contributed by atoms with E-state index in [4.69, 9.17) is 14.2 Å². The number of aryl methyl sites for hydroxylation is 1. The number of anilines is 1. The lowest BCUT2D eigenvalue weighted by atomic mass is 9.88. The van der Waals surface area contributed by atoms with Gasteiger partial charge in [-0.25, -0.2) is 0 Å². The summed E-state index contributed by atoms with van der Waals surface area (Å²) in [7, 11) is 4.67. The molecule has 0 heterocycles. The third-order valence-electron chi connectivity index (χ3n) is 8.51. The zero-order chi connectivity index (χ0) is 33.3. The van der Waals surface area contributed by atoms with Crippen LogP contribution in [0.4, 0.5) is 5.69 Å².